The summed E-state index contributed by atoms with van der Waals surface area (Å²) in [5, 5.41) is 8.94. The van der Waals surface area contributed by atoms with Crippen LogP contribution in [0.15, 0.2) is 0 Å². The number of rotatable bonds is 5. The Morgan fingerprint density at radius 3 is 1.67 bits per heavy atom. The van der Waals surface area contributed by atoms with Gasteiger partial charge in [-0.25, -0.2) is 0 Å². The van der Waals surface area contributed by atoms with Gasteiger partial charge < -0.3 is 5.11 Å². The molecule has 1 atom stereocenters. The third-order valence-electron chi connectivity index (χ3n) is 1.76. The van der Waals surface area contributed by atoms with Crippen molar-refractivity contribution in [3.05, 3.63) is 0 Å². The summed E-state index contributed by atoms with van der Waals surface area (Å²) in [6, 6.07) is 0. The summed E-state index contributed by atoms with van der Waals surface area (Å²) in [5.41, 5.74) is 0. The lowest BCUT2D eigenvalue weighted by Crippen LogP contribution is -2.15. The van der Waals surface area contributed by atoms with Crippen LogP contribution in [0.4, 0.5) is 26.3 Å². The van der Waals surface area contributed by atoms with E-state index in [9.17, 15) is 26.3 Å². The van der Waals surface area contributed by atoms with Gasteiger partial charge in [-0.05, 0) is 19.3 Å². The van der Waals surface area contributed by atoms with E-state index in [0.717, 1.165) is 0 Å². The lowest BCUT2D eigenvalue weighted by atomic mass is 10.1. The molecule has 0 aromatic carbocycles. The summed E-state index contributed by atoms with van der Waals surface area (Å²) in [7, 11) is 0. The number of halogens is 6. The molecule has 0 aromatic heterocycles. The second-order valence-corrected chi connectivity index (χ2v) is 3.32. The summed E-state index contributed by atoms with van der Waals surface area (Å²) in [6.07, 6.45) is -13.4. The fourth-order valence-electron chi connectivity index (χ4n) is 1.01. The average Bonchev–Trinajstić information content (AvgIpc) is 1.97. The highest BCUT2D eigenvalue weighted by Crippen LogP contribution is 2.25. The molecule has 0 bridgehead atoms. The second-order valence-electron chi connectivity index (χ2n) is 3.32. The van der Waals surface area contributed by atoms with E-state index in [1.165, 1.54) is 0 Å². The van der Waals surface area contributed by atoms with Crippen molar-refractivity contribution in [3.8, 4) is 0 Å². The average molecular weight is 238 g/mol. The Morgan fingerprint density at radius 2 is 1.27 bits per heavy atom. The molecule has 1 unspecified atom stereocenters. The minimum atomic E-state index is -4.37. The summed E-state index contributed by atoms with van der Waals surface area (Å²) in [5.74, 6) is 0. The summed E-state index contributed by atoms with van der Waals surface area (Å²) < 4.78 is 69.8. The van der Waals surface area contributed by atoms with Gasteiger partial charge in [0.2, 0.25) is 0 Å². The summed E-state index contributed by atoms with van der Waals surface area (Å²) in [4.78, 5) is 0. The van der Waals surface area contributed by atoms with E-state index in [-0.39, 0.29) is 12.8 Å². The molecule has 0 spiro atoms. The monoisotopic (exact) mass is 238 g/mol. The molecule has 1 nitrogen and oxygen atoms in total. The Morgan fingerprint density at radius 1 is 0.800 bits per heavy atom. The Hall–Kier alpha value is -0.460. The molecule has 0 amide bonds. The van der Waals surface area contributed by atoms with Gasteiger partial charge in [0, 0.05) is 12.8 Å². The lowest BCUT2D eigenvalue weighted by Gasteiger charge is -2.12. The zero-order chi connectivity index (χ0) is 12.1. The van der Waals surface area contributed by atoms with Gasteiger partial charge in [0.1, 0.15) is 0 Å². The van der Waals surface area contributed by atoms with Crippen LogP contribution < -0.4 is 0 Å². The van der Waals surface area contributed by atoms with Crippen molar-refractivity contribution < 1.29 is 31.4 Å². The van der Waals surface area contributed by atoms with E-state index in [2.05, 4.69) is 0 Å². The fourth-order valence-corrected chi connectivity index (χ4v) is 1.01. The number of alkyl halides is 6. The Kier molecular flexibility index (Phi) is 5.41. The van der Waals surface area contributed by atoms with E-state index >= 15 is 0 Å². The van der Waals surface area contributed by atoms with Gasteiger partial charge in [0.15, 0.2) is 0 Å². The van der Waals surface area contributed by atoms with Crippen LogP contribution in [-0.2, 0) is 0 Å². The Labute approximate surface area is 83.1 Å². The van der Waals surface area contributed by atoms with Gasteiger partial charge in [-0.15, -0.1) is 0 Å². The minimum Gasteiger partial charge on any atom is -0.393 e. The molecular weight excluding hydrogens is 226 g/mol. The van der Waals surface area contributed by atoms with Crippen molar-refractivity contribution in [2.24, 2.45) is 0 Å². The van der Waals surface area contributed by atoms with Crippen LogP contribution >= 0.6 is 0 Å². The third kappa shape index (κ3) is 11.5. The summed E-state index contributed by atoms with van der Waals surface area (Å²) in [6.45, 7) is 0. The van der Waals surface area contributed by atoms with E-state index in [1.54, 1.807) is 0 Å². The highest BCUT2D eigenvalue weighted by atomic mass is 19.4. The quantitative estimate of drug-likeness (QED) is 0.727. The maximum absolute atomic E-state index is 11.6. The molecule has 92 valence electrons. The van der Waals surface area contributed by atoms with Gasteiger partial charge in [-0.1, -0.05) is 0 Å². The predicted molar refractivity (Wildman–Crippen MR) is 41.2 cm³/mol. The Balaban J connectivity index is 3.54. The van der Waals surface area contributed by atoms with Gasteiger partial charge in [-0.3, -0.25) is 0 Å². The van der Waals surface area contributed by atoms with Crippen LogP contribution in [0, 0.1) is 0 Å². The van der Waals surface area contributed by atoms with Crippen LogP contribution in [0.25, 0.3) is 0 Å². The predicted octanol–water partition coefficient (Wildman–Crippen LogP) is 3.42. The van der Waals surface area contributed by atoms with E-state index < -0.39 is 37.7 Å². The molecule has 0 aliphatic heterocycles. The fraction of sp³-hybridized carbons (Fsp3) is 1.00. The molecule has 0 saturated heterocycles. The molecule has 0 heterocycles. The van der Waals surface area contributed by atoms with E-state index in [1.807, 2.05) is 0 Å². The number of hydrogen-bond donors (Lipinski definition) is 1. The van der Waals surface area contributed by atoms with Crippen LogP contribution in [0.3, 0.4) is 0 Å². The molecule has 7 heteroatoms. The zero-order valence-electron chi connectivity index (χ0n) is 7.83. The SMILES string of the molecule is OC(CCCC(F)(F)F)CCC(F)(F)F. The van der Waals surface area contributed by atoms with Crippen molar-refractivity contribution in [1.29, 1.82) is 0 Å². The minimum absolute atomic E-state index is 0.254. The largest absolute Gasteiger partial charge is 0.393 e. The molecular formula is C8H12F6O. The van der Waals surface area contributed by atoms with Crippen molar-refractivity contribution in [3.63, 3.8) is 0 Å². The highest BCUT2D eigenvalue weighted by molar-refractivity contribution is 4.61. The molecule has 15 heavy (non-hydrogen) atoms. The smallest absolute Gasteiger partial charge is 0.389 e. The maximum Gasteiger partial charge on any atom is 0.389 e. The molecule has 0 rings (SSSR count). The standard InChI is InChI=1S/C8H12F6O/c9-7(10,11)4-1-2-6(15)3-5-8(12,13)14/h6,15H,1-5H2. The van der Waals surface area contributed by atoms with Crippen molar-refractivity contribution >= 4 is 0 Å². The molecule has 0 fully saturated rings. The molecule has 0 aliphatic carbocycles. The van der Waals surface area contributed by atoms with Gasteiger partial charge in [0.05, 0.1) is 6.10 Å². The van der Waals surface area contributed by atoms with Crippen molar-refractivity contribution in [2.45, 2.75) is 50.6 Å². The number of aliphatic hydroxyl groups is 1. The first-order chi connectivity index (χ1) is 6.60. The molecule has 0 aliphatic rings. The first kappa shape index (κ1) is 14.5. The van der Waals surface area contributed by atoms with Gasteiger partial charge in [-0.2, -0.15) is 26.3 Å². The first-order valence-corrected chi connectivity index (χ1v) is 4.42. The number of hydrogen-bond acceptors (Lipinski definition) is 1. The van der Waals surface area contributed by atoms with Crippen LogP contribution in [0.1, 0.15) is 32.1 Å². The molecule has 1 N–H and O–H groups in total. The van der Waals surface area contributed by atoms with Crippen LogP contribution in [0.2, 0.25) is 0 Å². The van der Waals surface area contributed by atoms with Crippen LogP contribution in [-0.4, -0.2) is 23.6 Å². The highest BCUT2D eigenvalue weighted by Gasteiger charge is 2.29. The normalized spacial score (nSPS) is 15.4. The topological polar surface area (TPSA) is 20.2 Å². The number of aliphatic hydroxyl groups excluding tert-OH is 1. The van der Waals surface area contributed by atoms with Gasteiger partial charge in [0.25, 0.3) is 0 Å². The molecule has 0 saturated carbocycles. The van der Waals surface area contributed by atoms with Crippen molar-refractivity contribution in [1.82, 2.24) is 0 Å². The van der Waals surface area contributed by atoms with Crippen LogP contribution in [0.5, 0.6) is 0 Å². The third-order valence-corrected chi connectivity index (χ3v) is 1.76. The Bertz CT molecular complexity index is 173. The molecule has 0 aromatic rings. The first-order valence-electron chi connectivity index (χ1n) is 4.42. The van der Waals surface area contributed by atoms with Crippen molar-refractivity contribution in [2.75, 3.05) is 0 Å². The zero-order valence-corrected chi connectivity index (χ0v) is 7.83. The molecule has 0 radical (unpaired) electrons. The summed E-state index contributed by atoms with van der Waals surface area (Å²) >= 11 is 0. The second kappa shape index (κ2) is 5.58. The maximum atomic E-state index is 11.6. The van der Waals surface area contributed by atoms with Gasteiger partial charge >= 0.3 is 12.4 Å². The van der Waals surface area contributed by atoms with E-state index in [0.29, 0.717) is 0 Å². The van der Waals surface area contributed by atoms with E-state index in [4.69, 9.17) is 5.11 Å². The lowest BCUT2D eigenvalue weighted by molar-refractivity contribution is -0.143.